The van der Waals surface area contributed by atoms with E-state index in [9.17, 15) is 0 Å². The van der Waals surface area contributed by atoms with Crippen LogP contribution in [0.2, 0.25) is 0 Å². The molecule has 0 amide bonds. The van der Waals surface area contributed by atoms with Crippen LogP contribution < -0.4 is 5.32 Å². The summed E-state index contributed by atoms with van der Waals surface area (Å²) in [5, 5.41) is 5.18. The van der Waals surface area contributed by atoms with E-state index in [1.807, 2.05) is 0 Å². The van der Waals surface area contributed by atoms with Crippen molar-refractivity contribution in [2.45, 2.75) is 24.8 Å². The molecule has 1 aromatic heterocycles. The van der Waals surface area contributed by atoms with Crippen LogP contribution in [-0.2, 0) is 18.4 Å². The Hall–Kier alpha value is -4.66. The Morgan fingerprint density at radius 1 is 0.634 bits per heavy atom. The number of hydrogen-bond acceptors (Lipinski definition) is 1. The summed E-state index contributed by atoms with van der Waals surface area (Å²) >= 11 is 0. The van der Waals surface area contributed by atoms with E-state index in [2.05, 4.69) is 150 Å². The summed E-state index contributed by atoms with van der Waals surface area (Å²) in [4.78, 5) is 0. The monoisotopic (exact) mass is 528 g/mol. The molecule has 5 aromatic carbocycles. The molecule has 0 saturated carbocycles. The summed E-state index contributed by atoms with van der Waals surface area (Å²) in [5.74, 6) is 0. The Labute approximate surface area is 241 Å². The van der Waals surface area contributed by atoms with Crippen molar-refractivity contribution in [1.82, 2.24) is 9.88 Å². The van der Waals surface area contributed by atoms with Gasteiger partial charge in [0.25, 0.3) is 0 Å². The molecule has 1 heterocycles. The molecule has 0 aliphatic heterocycles. The van der Waals surface area contributed by atoms with Crippen molar-refractivity contribution >= 4 is 17.0 Å². The Bertz CT molecular complexity index is 1890. The lowest BCUT2D eigenvalue weighted by Gasteiger charge is -2.36. The highest BCUT2D eigenvalue weighted by molar-refractivity contribution is 5.99. The van der Waals surface area contributed by atoms with E-state index < -0.39 is 5.54 Å². The molecule has 0 atom stereocenters. The smallest absolute Gasteiger partial charge is 0.0945 e. The maximum atomic E-state index is 3.72. The molecule has 198 valence electrons. The zero-order chi connectivity index (χ0) is 27.4. The molecular weight excluding hydrogens is 496 g/mol. The van der Waals surface area contributed by atoms with Crippen molar-refractivity contribution in [2.75, 3.05) is 7.05 Å². The van der Waals surface area contributed by atoms with Crippen LogP contribution in [0.15, 0.2) is 127 Å². The van der Waals surface area contributed by atoms with Gasteiger partial charge in [0.2, 0.25) is 0 Å². The van der Waals surface area contributed by atoms with Crippen LogP contribution in [0, 0.1) is 0 Å². The molecule has 2 nitrogen and oxygen atoms in total. The van der Waals surface area contributed by atoms with E-state index in [1.165, 1.54) is 66.8 Å². The molecule has 6 aromatic rings. The van der Waals surface area contributed by atoms with Crippen LogP contribution in [-0.4, -0.2) is 11.6 Å². The Kier molecular flexibility index (Phi) is 5.58. The van der Waals surface area contributed by atoms with Crippen LogP contribution in [0.3, 0.4) is 0 Å². The molecule has 0 bridgehead atoms. The molecule has 0 fully saturated rings. The van der Waals surface area contributed by atoms with Crippen molar-refractivity contribution in [1.29, 1.82) is 0 Å². The van der Waals surface area contributed by atoms with Crippen LogP contribution >= 0.6 is 0 Å². The SMILES string of the molecule is CNC(c1ccccc1)(c1ccccc1)c1ccc(-n2c3c(c4c5c(ccc42)-c2ccccc2C5)CCC=C3)cc1. The molecule has 0 unspecified atom stereocenters. The lowest BCUT2D eigenvalue weighted by Crippen LogP contribution is -2.42. The summed E-state index contributed by atoms with van der Waals surface area (Å²) in [6.45, 7) is 0. The molecule has 2 aliphatic carbocycles. The van der Waals surface area contributed by atoms with Gasteiger partial charge in [-0.15, -0.1) is 0 Å². The second kappa shape index (κ2) is 9.47. The first kappa shape index (κ1) is 24.2. The average Bonchev–Trinajstić information content (AvgIpc) is 3.59. The first-order chi connectivity index (χ1) is 20.3. The number of hydrogen-bond donors (Lipinski definition) is 1. The third-order valence-corrected chi connectivity index (χ3v) is 9.24. The highest BCUT2D eigenvalue weighted by Gasteiger charge is 2.35. The largest absolute Gasteiger partial charge is 0.310 e. The Morgan fingerprint density at radius 3 is 2.00 bits per heavy atom. The van der Waals surface area contributed by atoms with Gasteiger partial charge in [-0.2, -0.15) is 0 Å². The molecule has 2 aliphatic rings. The molecule has 0 saturated heterocycles. The van der Waals surface area contributed by atoms with Gasteiger partial charge >= 0.3 is 0 Å². The maximum absolute atomic E-state index is 3.72. The summed E-state index contributed by atoms with van der Waals surface area (Å²) in [5.41, 5.74) is 14.3. The van der Waals surface area contributed by atoms with E-state index in [1.54, 1.807) is 0 Å². The number of allylic oxidation sites excluding steroid dienone is 1. The summed E-state index contributed by atoms with van der Waals surface area (Å²) < 4.78 is 2.49. The van der Waals surface area contributed by atoms with Crippen molar-refractivity contribution < 1.29 is 0 Å². The van der Waals surface area contributed by atoms with Gasteiger partial charge in [-0.1, -0.05) is 109 Å². The van der Waals surface area contributed by atoms with Gasteiger partial charge in [0.05, 0.1) is 11.1 Å². The lowest BCUT2D eigenvalue weighted by atomic mass is 9.77. The second-order valence-electron chi connectivity index (χ2n) is 11.2. The minimum absolute atomic E-state index is 0.453. The molecule has 1 N–H and O–H groups in total. The summed E-state index contributed by atoms with van der Waals surface area (Å²) in [7, 11) is 2.06. The van der Waals surface area contributed by atoms with Gasteiger partial charge in [-0.25, -0.2) is 0 Å². The van der Waals surface area contributed by atoms with Gasteiger partial charge in [0, 0.05) is 16.8 Å². The molecule has 8 rings (SSSR count). The maximum Gasteiger partial charge on any atom is 0.0945 e. The van der Waals surface area contributed by atoms with Gasteiger partial charge in [0.15, 0.2) is 0 Å². The number of nitrogens with zero attached hydrogens (tertiary/aromatic N) is 1. The molecule has 41 heavy (non-hydrogen) atoms. The van der Waals surface area contributed by atoms with E-state index >= 15 is 0 Å². The summed E-state index contributed by atoms with van der Waals surface area (Å²) in [6, 6.07) is 44.4. The fourth-order valence-electron chi connectivity index (χ4n) is 7.41. The first-order valence-electron chi connectivity index (χ1n) is 14.6. The highest BCUT2D eigenvalue weighted by atomic mass is 15.0. The van der Waals surface area contributed by atoms with Crippen molar-refractivity contribution in [3.05, 3.63) is 166 Å². The second-order valence-corrected chi connectivity index (χ2v) is 11.2. The minimum atomic E-state index is -0.453. The molecule has 0 spiro atoms. The highest BCUT2D eigenvalue weighted by Crippen LogP contribution is 2.45. The van der Waals surface area contributed by atoms with Crippen LogP contribution in [0.5, 0.6) is 0 Å². The zero-order valence-corrected chi connectivity index (χ0v) is 23.3. The predicted molar refractivity (Wildman–Crippen MR) is 171 cm³/mol. The van der Waals surface area contributed by atoms with Gasteiger partial charge in [-0.3, -0.25) is 0 Å². The number of aromatic nitrogens is 1. The van der Waals surface area contributed by atoms with Crippen LogP contribution in [0.25, 0.3) is 33.8 Å². The van der Waals surface area contributed by atoms with E-state index in [0.717, 1.165) is 19.3 Å². The third kappa shape index (κ3) is 3.54. The average molecular weight is 529 g/mol. The molecular formula is C39H32N2. The fourth-order valence-corrected chi connectivity index (χ4v) is 7.41. The fraction of sp³-hybridized carbons (Fsp3) is 0.128. The van der Waals surface area contributed by atoms with Crippen LogP contribution in [0.4, 0.5) is 0 Å². The van der Waals surface area contributed by atoms with Crippen molar-refractivity contribution in [3.8, 4) is 16.8 Å². The standard InChI is InChI=1S/C39H32N2/c1-40-39(28-13-4-2-5-14-28,29-15-6-3-7-16-29)30-20-22-31(23-21-30)41-36-19-11-10-18-34(36)38-35-26-27-12-8-9-17-32(27)33(35)24-25-37(38)41/h2-9,11-17,19-25,40H,10,18,26H2,1H3. The Morgan fingerprint density at radius 2 is 1.29 bits per heavy atom. The van der Waals surface area contributed by atoms with E-state index in [0.29, 0.717) is 0 Å². The zero-order valence-electron chi connectivity index (χ0n) is 23.3. The molecule has 0 radical (unpaired) electrons. The van der Waals surface area contributed by atoms with Gasteiger partial charge in [-0.05, 0) is 95.1 Å². The van der Waals surface area contributed by atoms with Gasteiger partial charge < -0.3 is 9.88 Å². The quantitative estimate of drug-likeness (QED) is 0.221. The van der Waals surface area contributed by atoms with Crippen molar-refractivity contribution in [3.63, 3.8) is 0 Å². The third-order valence-electron chi connectivity index (χ3n) is 9.24. The number of benzene rings is 5. The number of nitrogens with one attached hydrogen (secondary N) is 1. The van der Waals surface area contributed by atoms with E-state index in [4.69, 9.17) is 0 Å². The van der Waals surface area contributed by atoms with Gasteiger partial charge in [0.1, 0.15) is 0 Å². The molecule has 2 heteroatoms. The van der Waals surface area contributed by atoms with Crippen molar-refractivity contribution in [2.24, 2.45) is 0 Å². The summed E-state index contributed by atoms with van der Waals surface area (Å²) in [6.07, 6.45) is 7.87. The normalized spacial score (nSPS) is 13.7. The topological polar surface area (TPSA) is 17.0 Å². The van der Waals surface area contributed by atoms with E-state index in [-0.39, 0.29) is 0 Å². The predicted octanol–water partition coefficient (Wildman–Crippen LogP) is 8.67. The van der Waals surface area contributed by atoms with Crippen LogP contribution in [0.1, 0.15) is 45.5 Å². The number of fused-ring (bicyclic) bond motifs is 7. The number of rotatable bonds is 5. The first-order valence-corrected chi connectivity index (χ1v) is 14.6. The number of aryl methyl sites for hydroxylation is 1. The minimum Gasteiger partial charge on any atom is -0.310 e. The lowest BCUT2D eigenvalue weighted by molar-refractivity contribution is 0.525. The Balaban J connectivity index is 1.31.